The molecule has 0 bridgehead atoms. The van der Waals surface area contributed by atoms with Crippen LogP contribution in [0.1, 0.15) is 18.4 Å². The maximum Gasteiger partial charge on any atom is 0.243 e. The molecule has 3 nitrogen and oxygen atoms in total. The molecule has 0 radical (unpaired) electrons. The summed E-state index contributed by atoms with van der Waals surface area (Å²) in [5, 5.41) is 0. The van der Waals surface area contributed by atoms with E-state index >= 15 is 0 Å². The van der Waals surface area contributed by atoms with Crippen LogP contribution < -0.4 is 4.72 Å². The van der Waals surface area contributed by atoms with Gasteiger partial charge in [0.15, 0.2) is 0 Å². The molecule has 1 aliphatic carbocycles. The number of alkyl halides is 1. The highest BCUT2D eigenvalue weighted by atomic mass is 35.5. The zero-order valence-electron chi connectivity index (χ0n) is 8.41. The Morgan fingerprint density at radius 1 is 1.44 bits per heavy atom. The third-order valence-corrected chi connectivity index (χ3v) is 4.20. The van der Waals surface area contributed by atoms with E-state index in [1.165, 1.54) is 12.1 Å². The molecule has 16 heavy (non-hydrogen) atoms. The fraction of sp³-hybridized carbons (Fsp3) is 0.400. The number of hydrogen-bond acceptors (Lipinski definition) is 2. The molecule has 0 spiro atoms. The molecule has 88 valence electrons. The fourth-order valence-electron chi connectivity index (χ4n) is 1.33. The average Bonchev–Trinajstić information content (AvgIpc) is 3.00. The molecule has 1 fully saturated rings. The van der Waals surface area contributed by atoms with Gasteiger partial charge in [0.05, 0.1) is 0 Å². The summed E-state index contributed by atoms with van der Waals surface area (Å²) in [6.07, 6.45) is 1.64. The Kier molecular flexibility index (Phi) is 3.19. The topological polar surface area (TPSA) is 46.2 Å². The second kappa shape index (κ2) is 4.31. The highest BCUT2D eigenvalue weighted by Gasteiger charge is 2.29. The van der Waals surface area contributed by atoms with Gasteiger partial charge in [0.2, 0.25) is 10.0 Å². The quantitative estimate of drug-likeness (QED) is 0.845. The maximum absolute atomic E-state index is 13.5. The van der Waals surface area contributed by atoms with E-state index in [1.807, 2.05) is 0 Å². The summed E-state index contributed by atoms with van der Waals surface area (Å²) in [6.45, 7) is 0. The Labute approximate surface area is 98.7 Å². The van der Waals surface area contributed by atoms with Crippen molar-refractivity contribution in [3.05, 3.63) is 29.6 Å². The Hall–Kier alpha value is -0.650. The summed E-state index contributed by atoms with van der Waals surface area (Å²) in [5.41, 5.74) is 0.560. The maximum atomic E-state index is 13.5. The van der Waals surface area contributed by atoms with Crippen molar-refractivity contribution < 1.29 is 12.8 Å². The van der Waals surface area contributed by atoms with Gasteiger partial charge in [0, 0.05) is 11.9 Å². The molecule has 0 saturated heterocycles. The van der Waals surface area contributed by atoms with Crippen LogP contribution in [0.5, 0.6) is 0 Å². The van der Waals surface area contributed by atoms with Crippen molar-refractivity contribution in [3.63, 3.8) is 0 Å². The molecule has 0 aliphatic heterocycles. The Balaban J connectivity index is 2.31. The van der Waals surface area contributed by atoms with Crippen molar-refractivity contribution >= 4 is 21.6 Å². The minimum absolute atomic E-state index is 0.0305. The van der Waals surface area contributed by atoms with Crippen LogP contribution in [0.3, 0.4) is 0 Å². The van der Waals surface area contributed by atoms with Gasteiger partial charge < -0.3 is 0 Å². The largest absolute Gasteiger partial charge is 0.243 e. The first-order valence-corrected chi connectivity index (χ1v) is 6.91. The summed E-state index contributed by atoms with van der Waals surface area (Å²) in [4.78, 5) is -0.312. The van der Waals surface area contributed by atoms with E-state index in [2.05, 4.69) is 4.72 Å². The lowest BCUT2D eigenvalue weighted by Crippen LogP contribution is -2.26. The summed E-state index contributed by atoms with van der Waals surface area (Å²) in [6, 6.07) is 3.88. The van der Waals surface area contributed by atoms with Gasteiger partial charge >= 0.3 is 0 Å². The molecule has 0 atom stereocenters. The smallest absolute Gasteiger partial charge is 0.208 e. The lowest BCUT2D eigenvalue weighted by Gasteiger charge is -2.07. The summed E-state index contributed by atoms with van der Waals surface area (Å²) < 4.78 is 39.4. The minimum Gasteiger partial charge on any atom is -0.208 e. The molecule has 0 heterocycles. The number of benzene rings is 1. The molecule has 0 aromatic heterocycles. The van der Waals surface area contributed by atoms with E-state index < -0.39 is 15.8 Å². The van der Waals surface area contributed by atoms with Gasteiger partial charge in [-0.15, -0.1) is 11.6 Å². The van der Waals surface area contributed by atoms with Gasteiger partial charge in [0.1, 0.15) is 10.7 Å². The van der Waals surface area contributed by atoms with Crippen LogP contribution in [-0.4, -0.2) is 14.5 Å². The zero-order valence-corrected chi connectivity index (χ0v) is 9.98. The molecular weight excluding hydrogens is 253 g/mol. The monoisotopic (exact) mass is 263 g/mol. The van der Waals surface area contributed by atoms with Gasteiger partial charge in [-0.2, -0.15) is 0 Å². The molecule has 1 aromatic rings. The lowest BCUT2D eigenvalue weighted by molar-refractivity contribution is 0.556. The first-order chi connectivity index (χ1) is 7.53. The van der Waals surface area contributed by atoms with Crippen molar-refractivity contribution in [2.75, 3.05) is 0 Å². The van der Waals surface area contributed by atoms with Crippen LogP contribution in [0.4, 0.5) is 4.39 Å². The number of rotatable bonds is 4. The SMILES string of the molecule is O=S(=O)(NC1CC1)c1ccc(CCl)cc1F. The van der Waals surface area contributed by atoms with Crippen LogP contribution in [0, 0.1) is 5.82 Å². The van der Waals surface area contributed by atoms with E-state index in [0.717, 1.165) is 18.9 Å². The second-order valence-corrected chi connectivity index (χ2v) is 5.74. The van der Waals surface area contributed by atoms with Gasteiger partial charge in [0.25, 0.3) is 0 Å². The van der Waals surface area contributed by atoms with Crippen molar-refractivity contribution in [1.82, 2.24) is 4.72 Å². The van der Waals surface area contributed by atoms with Crippen LogP contribution in [0.25, 0.3) is 0 Å². The van der Waals surface area contributed by atoms with Crippen molar-refractivity contribution in [3.8, 4) is 0 Å². The number of halogens is 2. The van der Waals surface area contributed by atoms with Crippen LogP contribution in [0.15, 0.2) is 23.1 Å². The third-order valence-electron chi connectivity index (χ3n) is 2.34. The average molecular weight is 264 g/mol. The van der Waals surface area contributed by atoms with Gasteiger partial charge in [-0.25, -0.2) is 17.5 Å². The van der Waals surface area contributed by atoms with E-state index in [0.29, 0.717) is 5.56 Å². The van der Waals surface area contributed by atoms with E-state index in [1.54, 1.807) is 0 Å². The predicted octanol–water partition coefficient (Wildman–Crippen LogP) is 2.01. The molecule has 2 rings (SSSR count). The van der Waals surface area contributed by atoms with Gasteiger partial charge in [-0.1, -0.05) is 6.07 Å². The Morgan fingerprint density at radius 3 is 2.62 bits per heavy atom. The first-order valence-electron chi connectivity index (χ1n) is 4.89. The first kappa shape index (κ1) is 11.8. The molecule has 0 amide bonds. The molecule has 1 N–H and O–H groups in total. The summed E-state index contributed by atoms with van der Waals surface area (Å²) in [5.74, 6) is -0.598. The summed E-state index contributed by atoms with van der Waals surface area (Å²) in [7, 11) is -3.72. The highest BCUT2D eigenvalue weighted by Crippen LogP contribution is 2.23. The number of nitrogens with one attached hydrogen (secondary N) is 1. The van der Waals surface area contributed by atoms with Gasteiger partial charge in [-0.05, 0) is 30.5 Å². The molecule has 1 aromatic carbocycles. The second-order valence-electron chi connectivity index (χ2n) is 3.79. The van der Waals surface area contributed by atoms with Crippen molar-refractivity contribution in [2.24, 2.45) is 0 Å². The summed E-state index contributed by atoms with van der Waals surface area (Å²) >= 11 is 5.53. The van der Waals surface area contributed by atoms with Crippen LogP contribution >= 0.6 is 11.6 Å². The van der Waals surface area contributed by atoms with Gasteiger partial charge in [-0.3, -0.25) is 0 Å². The fourth-order valence-corrected chi connectivity index (χ4v) is 2.86. The van der Waals surface area contributed by atoms with E-state index in [-0.39, 0.29) is 16.8 Å². The van der Waals surface area contributed by atoms with Crippen LogP contribution in [0.2, 0.25) is 0 Å². The van der Waals surface area contributed by atoms with Crippen molar-refractivity contribution in [1.29, 1.82) is 0 Å². The standard InChI is InChI=1S/C10H11ClFNO2S/c11-6-7-1-4-10(9(12)5-7)16(14,15)13-8-2-3-8/h1,4-5,8,13H,2-3,6H2. The minimum atomic E-state index is -3.72. The predicted molar refractivity (Wildman–Crippen MR) is 59.3 cm³/mol. The highest BCUT2D eigenvalue weighted by molar-refractivity contribution is 7.89. The number of hydrogen-bond donors (Lipinski definition) is 1. The Morgan fingerprint density at radius 2 is 2.12 bits per heavy atom. The lowest BCUT2D eigenvalue weighted by atomic mass is 10.2. The molecular formula is C10H11ClFNO2S. The molecule has 1 saturated carbocycles. The Bertz CT molecular complexity index is 500. The molecule has 1 aliphatic rings. The van der Waals surface area contributed by atoms with E-state index in [4.69, 9.17) is 11.6 Å². The number of sulfonamides is 1. The zero-order chi connectivity index (χ0) is 11.8. The molecule has 0 unspecified atom stereocenters. The third kappa shape index (κ3) is 2.53. The van der Waals surface area contributed by atoms with E-state index in [9.17, 15) is 12.8 Å². The molecule has 6 heteroatoms. The van der Waals surface area contributed by atoms with Crippen LogP contribution in [-0.2, 0) is 15.9 Å². The van der Waals surface area contributed by atoms with Crippen molar-refractivity contribution in [2.45, 2.75) is 29.7 Å². The normalized spacial score (nSPS) is 16.4.